The molecule has 0 aromatic heterocycles. The smallest absolute Gasteiger partial charge is 0 e. The van der Waals surface area contributed by atoms with Gasteiger partial charge in [0.15, 0.2) is 0 Å². The standard InChI is InChI=1S/C16H37O3PS2.Mo/c1-5-9-11-15(7-3)13-22(20(17,18,19)21-22)14-16(8-4)12-10-6-2;/h15-19H,5-14H2,1-4H3;. The van der Waals surface area contributed by atoms with Crippen LogP contribution in [0.5, 0.6) is 0 Å². The minimum absolute atomic E-state index is 0. The SMILES string of the molecule is CCCCC(CC)CS1(CC(CC)CCCC)SP1(O)(O)O.[Mo]. The van der Waals surface area contributed by atoms with Crippen molar-refractivity contribution in [3.05, 3.63) is 0 Å². The van der Waals surface area contributed by atoms with E-state index in [2.05, 4.69) is 27.7 Å². The van der Waals surface area contributed by atoms with Crippen molar-refractivity contribution < 1.29 is 35.7 Å². The Labute approximate surface area is 162 Å². The van der Waals surface area contributed by atoms with Gasteiger partial charge in [0.2, 0.25) is 0 Å². The van der Waals surface area contributed by atoms with Gasteiger partial charge in [-0.05, 0) is 0 Å². The first-order valence-corrected chi connectivity index (χ1v) is 15.6. The van der Waals surface area contributed by atoms with E-state index in [0.29, 0.717) is 11.8 Å². The Hall–Kier alpha value is 1.70. The summed E-state index contributed by atoms with van der Waals surface area (Å²) in [6.07, 6.45) is 9.22. The van der Waals surface area contributed by atoms with Gasteiger partial charge in [-0.1, -0.05) is 0 Å². The maximum absolute atomic E-state index is 10.4. The van der Waals surface area contributed by atoms with Crippen molar-refractivity contribution in [2.24, 2.45) is 11.8 Å². The van der Waals surface area contributed by atoms with Gasteiger partial charge in [-0.25, -0.2) is 0 Å². The zero-order valence-electron chi connectivity index (χ0n) is 15.2. The summed E-state index contributed by atoms with van der Waals surface area (Å²) in [6, 6.07) is 0. The van der Waals surface area contributed by atoms with E-state index >= 15 is 0 Å². The van der Waals surface area contributed by atoms with Gasteiger partial charge in [-0.3, -0.25) is 0 Å². The fourth-order valence-corrected chi connectivity index (χ4v) is 23.4. The van der Waals surface area contributed by atoms with E-state index in [1.54, 1.807) is 0 Å². The molecule has 0 aliphatic carbocycles. The van der Waals surface area contributed by atoms with Crippen molar-refractivity contribution in [1.82, 2.24) is 0 Å². The third-order valence-electron chi connectivity index (χ3n) is 4.91. The Balaban J connectivity index is 0.00000484. The number of unbranched alkanes of at least 4 members (excludes halogenated alkanes) is 2. The summed E-state index contributed by atoms with van der Waals surface area (Å²) in [5.74, 6) is 2.75. The molecule has 2 unspecified atom stereocenters. The van der Waals surface area contributed by atoms with Crippen LogP contribution in [0, 0.1) is 11.8 Å². The number of rotatable bonds is 12. The molecule has 7 heteroatoms. The second kappa shape index (κ2) is 10.1. The van der Waals surface area contributed by atoms with E-state index in [0.717, 1.165) is 37.2 Å². The van der Waals surface area contributed by atoms with E-state index in [1.807, 2.05) is 0 Å². The Bertz CT molecular complexity index is 332. The van der Waals surface area contributed by atoms with Gasteiger partial charge in [0.25, 0.3) is 0 Å². The predicted molar refractivity (Wildman–Crippen MR) is 105 cm³/mol. The third-order valence-corrected chi connectivity index (χ3v) is 24.0. The van der Waals surface area contributed by atoms with Crippen LogP contribution in [-0.4, -0.2) is 26.2 Å². The number of hydrogen-bond acceptors (Lipinski definition) is 4. The van der Waals surface area contributed by atoms with Crippen LogP contribution in [0.3, 0.4) is 0 Å². The van der Waals surface area contributed by atoms with Crippen LogP contribution >= 0.6 is 24.8 Å². The van der Waals surface area contributed by atoms with Gasteiger partial charge < -0.3 is 0 Å². The fourth-order valence-electron chi connectivity index (χ4n) is 3.15. The quantitative estimate of drug-likeness (QED) is 0.143. The Morgan fingerprint density at radius 1 is 0.826 bits per heavy atom. The molecule has 0 aromatic rings. The van der Waals surface area contributed by atoms with E-state index in [-0.39, 0.29) is 21.1 Å². The van der Waals surface area contributed by atoms with Crippen LogP contribution < -0.4 is 0 Å². The van der Waals surface area contributed by atoms with Crippen LogP contribution in [0.2, 0.25) is 0 Å². The average Bonchev–Trinajstić information content (AvgIpc) is 2.93. The van der Waals surface area contributed by atoms with E-state index < -0.39 is 14.4 Å². The molecule has 142 valence electrons. The van der Waals surface area contributed by atoms with Crippen LogP contribution in [0.1, 0.15) is 79.1 Å². The van der Waals surface area contributed by atoms with Crippen LogP contribution in [0.15, 0.2) is 0 Å². The monoisotopic (exact) mass is 470 g/mol. The molecule has 1 rings (SSSR count). The van der Waals surface area contributed by atoms with Crippen molar-refractivity contribution in [1.29, 1.82) is 0 Å². The van der Waals surface area contributed by atoms with Crippen molar-refractivity contribution in [3.63, 3.8) is 0 Å². The zero-order valence-corrected chi connectivity index (χ0v) is 19.8. The van der Waals surface area contributed by atoms with Gasteiger partial charge in [-0.2, -0.15) is 0 Å². The summed E-state index contributed by atoms with van der Waals surface area (Å²) in [7, 11) is -0.501. The van der Waals surface area contributed by atoms with E-state index in [9.17, 15) is 14.7 Å². The molecule has 0 amide bonds. The van der Waals surface area contributed by atoms with Crippen molar-refractivity contribution >= 4 is 24.8 Å². The fraction of sp³-hybridized carbons (Fsp3) is 1.00. The van der Waals surface area contributed by atoms with Gasteiger partial charge in [0, 0.05) is 21.1 Å². The number of hydrogen-bond donors (Lipinski definition) is 3. The Morgan fingerprint density at radius 2 is 1.17 bits per heavy atom. The van der Waals surface area contributed by atoms with E-state index in [4.69, 9.17) is 0 Å². The summed E-state index contributed by atoms with van der Waals surface area (Å²) in [5.41, 5.74) is -4.35. The summed E-state index contributed by atoms with van der Waals surface area (Å²) < 4.78 is 0. The molecule has 0 saturated carbocycles. The topological polar surface area (TPSA) is 60.7 Å². The molecule has 0 radical (unpaired) electrons. The Morgan fingerprint density at radius 3 is 1.39 bits per heavy atom. The average molecular weight is 469 g/mol. The van der Waals surface area contributed by atoms with Crippen LogP contribution in [0.4, 0.5) is 0 Å². The first kappa shape index (κ1) is 24.7. The van der Waals surface area contributed by atoms with Crippen LogP contribution in [0.25, 0.3) is 0 Å². The molecule has 1 heterocycles. The third kappa shape index (κ3) is 6.74. The zero-order chi connectivity index (χ0) is 16.9. The van der Waals surface area contributed by atoms with E-state index in [1.165, 1.54) is 36.1 Å². The molecule has 0 aromatic carbocycles. The second-order valence-electron chi connectivity index (χ2n) is 6.85. The second-order valence-corrected chi connectivity index (χ2v) is 22.1. The summed E-state index contributed by atoms with van der Waals surface area (Å²) in [5, 5.41) is 0. The minimum atomic E-state index is -4.35. The molecule has 0 bridgehead atoms. The first-order chi connectivity index (χ1) is 10.2. The molecular weight excluding hydrogens is 431 g/mol. The van der Waals surface area contributed by atoms with Crippen molar-refractivity contribution in [3.8, 4) is 0 Å². The van der Waals surface area contributed by atoms with Crippen molar-refractivity contribution in [2.75, 3.05) is 11.5 Å². The summed E-state index contributed by atoms with van der Waals surface area (Å²) in [6.45, 7) is 8.78. The maximum atomic E-state index is 10.4. The van der Waals surface area contributed by atoms with Crippen LogP contribution in [-0.2, 0) is 21.1 Å². The Kier molecular flexibility index (Phi) is 10.9. The van der Waals surface area contributed by atoms with Gasteiger partial charge >= 0.3 is 142 Å². The van der Waals surface area contributed by atoms with Gasteiger partial charge in [0.05, 0.1) is 0 Å². The normalized spacial score (nSPS) is 31.7. The molecule has 23 heavy (non-hydrogen) atoms. The molecule has 1 aliphatic heterocycles. The molecule has 1 saturated heterocycles. The van der Waals surface area contributed by atoms with Crippen molar-refractivity contribution in [2.45, 2.75) is 79.1 Å². The molecular formula is C16H37MoO3PS2. The molecule has 1 fully saturated rings. The maximum Gasteiger partial charge on any atom is 0 e. The largest absolute Gasteiger partial charge is 0 e. The molecule has 3 nitrogen and oxygen atoms in total. The minimum Gasteiger partial charge on any atom is 0 e. The molecule has 3 N–H and O–H groups in total. The molecule has 1 aliphatic rings. The molecule has 0 spiro atoms. The summed E-state index contributed by atoms with van der Waals surface area (Å²) in [4.78, 5) is 31.2. The predicted octanol–water partition coefficient (Wildman–Crippen LogP) is 5.99. The summed E-state index contributed by atoms with van der Waals surface area (Å²) >= 11 is 0. The first-order valence-electron chi connectivity index (χ1n) is 8.99. The van der Waals surface area contributed by atoms with Gasteiger partial charge in [-0.15, -0.1) is 0 Å². The van der Waals surface area contributed by atoms with Gasteiger partial charge in [0.1, 0.15) is 0 Å². The molecule has 2 atom stereocenters.